The Morgan fingerprint density at radius 3 is 1.85 bits per heavy atom. The third-order valence-electron chi connectivity index (χ3n) is 9.61. The van der Waals surface area contributed by atoms with Crippen molar-refractivity contribution in [3.05, 3.63) is 180 Å². The summed E-state index contributed by atoms with van der Waals surface area (Å²) in [6.07, 6.45) is 2.64. The average molecular weight is 714 g/mol. The maximum atomic E-state index is 11.5. The van der Waals surface area contributed by atoms with Crippen LogP contribution in [0.1, 0.15) is 43.2 Å². The number of rotatable bonds is 11. The molecule has 270 valence electrons. The normalized spacial score (nSPS) is 12.2. The summed E-state index contributed by atoms with van der Waals surface area (Å²) in [7, 11) is 0. The molecule has 8 nitrogen and oxygen atoms in total. The Bertz CT molecular complexity index is 2240. The highest BCUT2D eigenvalue weighted by molar-refractivity contribution is 5.81. The van der Waals surface area contributed by atoms with Crippen molar-refractivity contribution in [3.8, 4) is 39.5 Å². The van der Waals surface area contributed by atoms with Gasteiger partial charge in [-0.05, 0) is 77.7 Å². The van der Waals surface area contributed by atoms with Crippen LogP contribution in [0.2, 0.25) is 0 Å². The van der Waals surface area contributed by atoms with Gasteiger partial charge in [0.2, 0.25) is 0 Å². The summed E-state index contributed by atoms with van der Waals surface area (Å²) in [5.41, 5.74) is 13.4. The van der Waals surface area contributed by atoms with Crippen LogP contribution >= 0.6 is 0 Å². The number of carbonyl (C=O) groups is 1. The maximum Gasteiger partial charge on any atom is 0.404 e. The summed E-state index contributed by atoms with van der Waals surface area (Å²) in [6.45, 7) is 8.09. The van der Waals surface area contributed by atoms with Crippen molar-refractivity contribution in [1.82, 2.24) is 19.7 Å². The van der Waals surface area contributed by atoms with Gasteiger partial charge in [-0.15, -0.1) is 0 Å². The molecule has 54 heavy (non-hydrogen) atoms. The summed E-state index contributed by atoms with van der Waals surface area (Å²) < 4.78 is 13.4. The van der Waals surface area contributed by atoms with E-state index in [4.69, 9.17) is 30.3 Å². The molecule has 0 aliphatic rings. The SMILES string of the molecule is Cc1cccc(-c2nn(C(c3ccccc3)(c3ccccc3)c3ccccc3)cc2-c2ccnc(-c3ccc(OCC(OC(N)=O)C(C)(C)C)cc3)c2)n1. The summed E-state index contributed by atoms with van der Waals surface area (Å²) in [4.78, 5) is 21.2. The van der Waals surface area contributed by atoms with Crippen LogP contribution in [0.5, 0.6) is 5.75 Å². The fourth-order valence-electron chi connectivity index (χ4n) is 6.81. The molecule has 1 amide bonds. The zero-order chi connectivity index (χ0) is 37.7. The molecule has 2 N–H and O–H groups in total. The van der Waals surface area contributed by atoms with Crippen LogP contribution < -0.4 is 10.5 Å². The number of amides is 1. The molecule has 3 aromatic heterocycles. The van der Waals surface area contributed by atoms with Crippen molar-refractivity contribution < 1.29 is 14.3 Å². The quantitative estimate of drug-likeness (QED) is 0.134. The minimum atomic E-state index is -0.822. The number of hydrogen-bond donors (Lipinski definition) is 1. The molecular weight excluding hydrogens is 671 g/mol. The Kier molecular flexibility index (Phi) is 10.1. The van der Waals surface area contributed by atoms with E-state index in [-0.39, 0.29) is 12.0 Å². The van der Waals surface area contributed by atoms with E-state index >= 15 is 0 Å². The smallest absolute Gasteiger partial charge is 0.404 e. The lowest BCUT2D eigenvalue weighted by atomic mass is 9.77. The molecule has 0 bridgehead atoms. The van der Waals surface area contributed by atoms with Gasteiger partial charge in [0, 0.05) is 34.6 Å². The first kappa shape index (κ1) is 35.8. The first-order valence-corrected chi connectivity index (χ1v) is 18.0. The summed E-state index contributed by atoms with van der Waals surface area (Å²) in [5.74, 6) is 0.644. The van der Waals surface area contributed by atoms with Gasteiger partial charge in [-0.2, -0.15) is 5.10 Å². The van der Waals surface area contributed by atoms with E-state index < -0.39 is 17.7 Å². The molecule has 0 saturated carbocycles. The van der Waals surface area contributed by atoms with Crippen LogP contribution in [-0.2, 0) is 10.3 Å². The highest BCUT2D eigenvalue weighted by atomic mass is 16.6. The van der Waals surface area contributed by atoms with Crippen molar-refractivity contribution in [3.63, 3.8) is 0 Å². The molecule has 8 heteroatoms. The molecule has 0 fully saturated rings. The lowest BCUT2D eigenvalue weighted by molar-refractivity contribution is 0.00580. The third-order valence-corrected chi connectivity index (χ3v) is 9.61. The van der Waals surface area contributed by atoms with Crippen molar-refractivity contribution in [1.29, 1.82) is 0 Å². The zero-order valence-electron chi connectivity index (χ0n) is 30.9. The van der Waals surface area contributed by atoms with Gasteiger partial charge < -0.3 is 15.2 Å². The Balaban J connectivity index is 1.34. The topological polar surface area (TPSA) is 105 Å². The van der Waals surface area contributed by atoms with E-state index in [0.29, 0.717) is 5.75 Å². The molecule has 4 aromatic carbocycles. The minimum absolute atomic E-state index is 0.176. The Labute approximate surface area is 316 Å². The first-order valence-electron chi connectivity index (χ1n) is 18.0. The van der Waals surface area contributed by atoms with E-state index in [2.05, 4.69) is 89.7 Å². The van der Waals surface area contributed by atoms with Crippen molar-refractivity contribution in [2.45, 2.75) is 39.3 Å². The van der Waals surface area contributed by atoms with Crippen molar-refractivity contribution >= 4 is 6.09 Å². The minimum Gasteiger partial charge on any atom is -0.490 e. The molecule has 7 rings (SSSR count). The first-order chi connectivity index (χ1) is 26.1. The van der Waals surface area contributed by atoms with Crippen LogP contribution in [0.3, 0.4) is 0 Å². The van der Waals surface area contributed by atoms with E-state index in [9.17, 15) is 4.79 Å². The number of primary amides is 1. The second-order valence-corrected chi connectivity index (χ2v) is 14.4. The lowest BCUT2D eigenvalue weighted by Gasteiger charge is -2.36. The van der Waals surface area contributed by atoms with Crippen molar-refractivity contribution in [2.24, 2.45) is 11.1 Å². The predicted molar refractivity (Wildman–Crippen MR) is 213 cm³/mol. The molecule has 0 spiro atoms. The van der Waals surface area contributed by atoms with Gasteiger partial charge in [-0.1, -0.05) is 118 Å². The second kappa shape index (κ2) is 15.2. The Morgan fingerprint density at radius 1 is 0.722 bits per heavy atom. The fourth-order valence-corrected chi connectivity index (χ4v) is 6.81. The lowest BCUT2D eigenvalue weighted by Crippen LogP contribution is -2.38. The van der Waals surface area contributed by atoms with Crippen LogP contribution in [0, 0.1) is 12.3 Å². The van der Waals surface area contributed by atoms with Crippen LogP contribution in [0.25, 0.3) is 33.8 Å². The average Bonchev–Trinajstić information content (AvgIpc) is 3.64. The van der Waals surface area contributed by atoms with Gasteiger partial charge >= 0.3 is 6.09 Å². The summed E-state index contributed by atoms with van der Waals surface area (Å²) in [5, 5.41) is 5.46. The number of benzene rings is 4. The molecule has 1 atom stereocenters. The number of pyridine rings is 2. The largest absolute Gasteiger partial charge is 0.490 e. The van der Waals surface area contributed by atoms with Crippen LogP contribution in [0.15, 0.2) is 158 Å². The number of nitrogens with two attached hydrogens (primary N) is 1. The third kappa shape index (κ3) is 7.36. The van der Waals surface area contributed by atoms with Gasteiger partial charge in [0.25, 0.3) is 0 Å². The predicted octanol–water partition coefficient (Wildman–Crippen LogP) is 9.71. The highest BCUT2D eigenvalue weighted by Crippen LogP contribution is 2.43. The zero-order valence-corrected chi connectivity index (χ0v) is 30.9. The van der Waals surface area contributed by atoms with E-state index in [1.165, 1.54) is 0 Å². The molecule has 0 aliphatic heterocycles. The molecule has 0 aliphatic carbocycles. The molecular formula is C46H43N5O3. The highest BCUT2D eigenvalue weighted by Gasteiger charge is 2.40. The van der Waals surface area contributed by atoms with Crippen LogP contribution in [0.4, 0.5) is 4.79 Å². The van der Waals surface area contributed by atoms with Gasteiger partial charge in [0.1, 0.15) is 29.7 Å². The number of hydrogen-bond acceptors (Lipinski definition) is 6. The molecule has 7 aromatic rings. The van der Waals surface area contributed by atoms with Crippen molar-refractivity contribution in [2.75, 3.05) is 6.61 Å². The number of nitrogens with zero attached hydrogens (tertiary/aromatic N) is 4. The van der Waals surface area contributed by atoms with Gasteiger partial charge in [-0.3, -0.25) is 14.6 Å². The maximum absolute atomic E-state index is 11.5. The van der Waals surface area contributed by atoms with Gasteiger partial charge in [0.05, 0.1) is 11.4 Å². The number of carbonyl (C=O) groups excluding carboxylic acids is 1. The van der Waals surface area contributed by atoms with E-state index in [1.54, 1.807) is 0 Å². The van der Waals surface area contributed by atoms with E-state index in [1.807, 2.05) is 101 Å². The Morgan fingerprint density at radius 2 is 1.31 bits per heavy atom. The Hall–Kier alpha value is -6.54. The van der Waals surface area contributed by atoms with E-state index in [0.717, 1.165) is 56.2 Å². The summed E-state index contributed by atoms with van der Waals surface area (Å²) in [6, 6.07) is 49.4. The molecule has 0 saturated heterocycles. The molecule has 0 radical (unpaired) electrons. The standard InChI is InChI=1S/C46H43N5O3/c1-32-15-14-22-40(49-32)43-39(34-27-28-48-41(29-34)33-23-25-38(26-24-33)53-31-42(45(2,3)4)54-44(47)52)30-51(50-43)46(35-16-8-5-9-17-35,36-18-10-6-11-19-36)37-20-12-7-13-21-37/h5-30,42H,31H2,1-4H3,(H2,47,52). The van der Waals surface area contributed by atoms with Crippen LogP contribution in [-0.4, -0.2) is 38.6 Å². The number of ether oxygens (including phenoxy) is 2. The second-order valence-electron chi connectivity index (χ2n) is 14.4. The summed E-state index contributed by atoms with van der Waals surface area (Å²) >= 11 is 0. The number of aryl methyl sites for hydroxylation is 1. The monoisotopic (exact) mass is 713 g/mol. The van der Waals surface area contributed by atoms with Gasteiger partial charge in [-0.25, -0.2) is 4.79 Å². The van der Waals surface area contributed by atoms with Gasteiger partial charge in [0.15, 0.2) is 0 Å². The molecule has 1 unspecified atom stereocenters. The number of aromatic nitrogens is 4. The fraction of sp³-hybridized carbons (Fsp3) is 0.174. The molecule has 3 heterocycles.